The number of carbonyl (C=O) groups excluding carboxylic acids is 1. The van der Waals surface area contributed by atoms with Crippen LogP contribution in [0.5, 0.6) is 0 Å². The Morgan fingerprint density at radius 1 is 1.55 bits per heavy atom. The molecule has 57 valence electrons. The minimum atomic E-state index is 0.00685. The molecule has 1 radical (unpaired) electrons. The van der Waals surface area contributed by atoms with Gasteiger partial charge in [-0.25, -0.2) is 0 Å². The molecule has 1 aliphatic rings. The number of carbonyl (C=O) groups is 1. The van der Waals surface area contributed by atoms with E-state index in [0.717, 1.165) is 0 Å². The van der Waals surface area contributed by atoms with Gasteiger partial charge in [0.05, 0.1) is 10.6 Å². The van der Waals surface area contributed by atoms with Crippen molar-refractivity contribution in [2.45, 2.75) is 0 Å². The van der Waals surface area contributed by atoms with E-state index >= 15 is 0 Å². The van der Waals surface area contributed by atoms with Crippen LogP contribution in [-0.2, 0) is 4.79 Å². The Bertz CT molecular complexity index is 249. The van der Waals surface area contributed by atoms with Crippen LogP contribution in [0.1, 0.15) is 0 Å². The van der Waals surface area contributed by atoms with Gasteiger partial charge < -0.3 is 4.90 Å². The van der Waals surface area contributed by atoms with Crippen LogP contribution in [0.3, 0.4) is 0 Å². The van der Waals surface area contributed by atoms with Crippen molar-refractivity contribution in [3.8, 4) is 0 Å². The highest BCUT2D eigenvalue weighted by molar-refractivity contribution is 6.00. The Morgan fingerprint density at radius 2 is 2.27 bits per heavy atom. The van der Waals surface area contributed by atoms with Crippen LogP contribution < -0.4 is 4.99 Å². The van der Waals surface area contributed by atoms with Gasteiger partial charge in [0.15, 0.2) is 0 Å². The molecule has 0 aliphatic carbocycles. The predicted molar refractivity (Wildman–Crippen MR) is 44.1 cm³/mol. The van der Waals surface area contributed by atoms with Crippen molar-refractivity contribution in [2.24, 2.45) is 0 Å². The molecule has 3 nitrogen and oxygen atoms in total. The summed E-state index contributed by atoms with van der Waals surface area (Å²) in [6.45, 7) is 0. The van der Waals surface area contributed by atoms with Gasteiger partial charge in [-0.05, 0) is 0 Å². The number of amides is 1. The van der Waals surface area contributed by atoms with Gasteiger partial charge in [-0.3, -0.25) is 4.79 Å². The zero-order valence-electron chi connectivity index (χ0n) is 6.61. The van der Waals surface area contributed by atoms with E-state index in [0.29, 0.717) is 5.57 Å². The first-order valence-corrected chi connectivity index (χ1v) is 3.33. The fourth-order valence-corrected chi connectivity index (χ4v) is 0.753. The van der Waals surface area contributed by atoms with Gasteiger partial charge in [0, 0.05) is 26.2 Å². The first-order chi connectivity index (χ1) is 5.22. The topological polar surface area (TPSA) is 34.4 Å². The van der Waals surface area contributed by atoms with Gasteiger partial charge in [0.25, 0.3) is 5.91 Å². The van der Waals surface area contributed by atoms with Gasteiger partial charge in [0.1, 0.15) is 0 Å². The van der Waals surface area contributed by atoms with Crippen molar-refractivity contribution in [1.82, 2.24) is 9.89 Å². The quantitative estimate of drug-likeness (QED) is 0.515. The van der Waals surface area contributed by atoms with Gasteiger partial charge in [0.2, 0.25) is 12.4 Å². The number of nitrogens with zero attached hydrogens (tertiary/aromatic N) is 2. The van der Waals surface area contributed by atoms with Crippen molar-refractivity contribution < 1.29 is 4.79 Å². The summed E-state index contributed by atoms with van der Waals surface area (Å²) in [5, 5.41) is 0. The van der Waals surface area contributed by atoms with Crippen molar-refractivity contribution in [2.75, 3.05) is 14.1 Å². The first-order valence-electron chi connectivity index (χ1n) is 3.33. The van der Waals surface area contributed by atoms with Crippen molar-refractivity contribution >= 4 is 12.1 Å². The summed E-state index contributed by atoms with van der Waals surface area (Å²) in [6.07, 6.45) is 6.61. The minimum absolute atomic E-state index is 0.00685. The molecule has 0 aromatic carbocycles. The summed E-state index contributed by atoms with van der Waals surface area (Å²) in [6, 6.07) is 0. The summed E-state index contributed by atoms with van der Waals surface area (Å²) in [4.78, 5) is 16.6. The van der Waals surface area contributed by atoms with Crippen molar-refractivity contribution in [3.63, 3.8) is 0 Å². The first kappa shape index (κ1) is 7.72. The maximum atomic E-state index is 11.2. The molecule has 0 spiro atoms. The lowest BCUT2D eigenvalue weighted by atomic mass is 10.2. The van der Waals surface area contributed by atoms with Crippen LogP contribution in [0, 0.1) is 0 Å². The average Bonchev–Trinajstić information content (AvgIpc) is 2.05. The Hall–Kier alpha value is -1.38. The largest absolute Gasteiger partial charge is 0.345 e. The Labute approximate surface area is 65.7 Å². The van der Waals surface area contributed by atoms with Crippen LogP contribution in [0.25, 0.3) is 0 Å². The third-order valence-corrected chi connectivity index (χ3v) is 1.33. The highest BCUT2D eigenvalue weighted by atomic mass is 16.2. The lowest BCUT2D eigenvalue weighted by Crippen LogP contribution is -2.23. The smallest absolute Gasteiger partial charge is 0.253 e. The number of allylic oxidation sites excluding steroid dienone is 1. The molecule has 0 unspecified atom stereocenters. The SMILES string of the molecule is CN(C)C(=O)C1=CC=[N+]C=C1. The molecule has 1 rings (SSSR count). The van der Waals surface area contributed by atoms with E-state index in [-0.39, 0.29) is 5.91 Å². The van der Waals surface area contributed by atoms with Gasteiger partial charge in [-0.1, -0.05) is 0 Å². The molecule has 0 fully saturated rings. The van der Waals surface area contributed by atoms with E-state index in [2.05, 4.69) is 4.99 Å². The summed E-state index contributed by atoms with van der Waals surface area (Å²) in [5.41, 5.74) is 0.671. The standard InChI is InChI=1S/C8H10N2O/c1-10(2)8(11)7-3-5-9-6-4-7/h3-6H,1-2H3/q+1. The predicted octanol–water partition coefficient (Wildman–Crippen LogP) is -0.0651. The summed E-state index contributed by atoms with van der Waals surface area (Å²) >= 11 is 0. The molecule has 0 saturated heterocycles. The van der Waals surface area contributed by atoms with Crippen LogP contribution in [0.2, 0.25) is 0 Å². The maximum absolute atomic E-state index is 11.2. The van der Waals surface area contributed by atoms with E-state index in [9.17, 15) is 4.79 Å². The van der Waals surface area contributed by atoms with Crippen LogP contribution in [-0.4, -0.2) is 31.1 Å². The zero-order chi connectivity index (χ0) is 8.27. The number of likely N-dealkylation sites (N-methyl/N-ethyl adjacent to an activating group) is 1. The molecule has 1 amide bonds. The fraction of sp³-hybridized carbons (Fsp3) is 0.250. The molecule has 0 aromatic rings. The molecular weight excluding hydrogens is 140 g/mol. The molecule has 0 N–H and O–H groups in total. The van der Waals surface area contributed by atoms with E-state index in [1.807, 2.05) is 0 Å². The molecule has 11 heavy (non-hydrogen) atoms. The van der Waals surface area contributed by atoms with Crippen LogP contribution >= 0.6 is 0 Å². The summed E-state index contributed by atoms with van der Waals surface area (Å²) < 4.78 is 0. The zero-order valence-corrected chi connectivity index (χ0v) is 6.61. The maximum Gasteiger partial charge on any atom is 0.253 e. The lowest BCUT2D eigenvalue weighted by Gasteiger charge is -2.09. The fourth-order valence-electron chi connectivity index (χ4n) is 0.753. The van der Waals surface area contributed by atoms with Crippen molar-refractivity contribution in [3.05, 3.63) is 23.9 Å². The second kappa shape index (κ2) is 3.14. The van der Waals surface area contributed by atoms with Gasteiger partial charge in [-0.15, -0.1) is 0 Å². The van der Waals surface area contributed by atoms with E-state index in [1.54, 1.807) is 38.7 Å². The third kappa shape index (κ3) is 1.77. The number of hydrogen-bond acceptors (Lipinski definition) is 2. The molecule has 1 heterocycles. The van der Waals surface area contributed by atoms with Crippen molar-refractivity contribution in [1.29, 1.82) is 0 Å². The van der Waals surface area contributed by atoms with E-state index in [1.165, 1.54) is 4.90 Å². The second-order valence-electron chi connectivity index (χ2n) is 2.44. The summed E-state index contributed by atoms with van der Waals surface area (Å²) in [5.74, 6) is 0.00685. The molecule has 0 bridgehead atoms. The number of hydrogen-bond donors (Lipinski definition) is 0. The molecule has 3 heteroatoms. The Kier molecular flexibility index (Phi) is 2.21. The molecule has 1 aliphatic heterocycles. The molecule has 0 aromatic heterocycles. The highest BCUT2D eigenvalue weighted by Crippen LogP contribution is 2.00. The molecule has 0 atom stereocenters. The Balaban J connectivity index is 2.77. The van der Waals surface area contributed by atoms with E-state index in [4.69, 9.17) is 0 Å². The minimum Gasteiger partial charge on any atom is -0.345 e. The molecular formula is C8H10N2O+. The highest BCUT2D eigenvalue weighted by Gasteiger charge is 2.11. The molecule has 0 saturated carbocycles. The van der Waals surface area contributed by atoms with Crippen LogP contribution in [0.15, 0.2) is 23.9 Å². The summed E-state index contributed by atoms with van der Waals surface area (Å²) in [7, 11) is 3.45. The second-order valence-corrected chi connectivity index (χ2v) is 2.44. The monoisotopic (exact) mass is 150 g/mol. The van der Waals surface area contributed by atoms with Crippen LogP contribution in [0.4, 0.5) is 0 Å². The lowest BCUT2D eigenvalue weighted by molar-refractivity contribution is -0.124. The van der Waals surface area contributed by atoms with Gasteiger partial charge in [-0.2, -0.15) is 0 Å². The Morgan fingerprint density at radius 3 is 2.73 bits per heavy atom. The third-order valence-electron chi connectivity index (χ3n) is 1.33. The number of rotatable bonds is 1. The average molecular weight is 150 g/mol. The van der Waals surface area contributed by atoms with Gasteiger partial charge >= 0.3 is 0 Å². The normalized spacial score (nSPS) is 14.5. The van der Waals surface area contributed by atoms with E-state index < -0.39 is 0 Å². The number of aliphatic imine (C=N–C) groups is 1.